The quantitative estimate of drug-likeness (QED) is 0.304. The van der Waals surface area contributed by atoms with Crippen molar-refractivity contribution in [1.29, 1.82) is 0 Å². The molecule has 0 aliphatic carbocycles. The SMILES string of the molecule is CC(=O)[O-].CCCCCCCCCCCCCCCCC(C)[n+]1cc[nH]c1. The van der Waals surface area contributed by atoms with Crippen LogP contribution in [0.15, 0.2) is 18.7 Å². The van der Waals surface area contributed by atoms with Crippen LogP contribution in [0.5, 0.6) is 0 Å². The molecule has 1 unspecified atom stereocenters. The predicted octanol–water partition coefficient (Wildman–Crippen LogP) is 5.49. The van der Waals surface area contributed by atoms with Gasteiger partial charge in [-0.1, -0.05) is 90.4 Å². The molecule has 27 heavy (non-hydrogen) atoms. The van der Waals surface area contributed by atoms with E-state index in [2.05, 4.69) is 35.9 Å². The number of aliphatic carboxylic acids is 1. The molecule has 1 aromatic rings. The fraction of sp³-hybridized carbons (Fsp3) is 0.826. The van der Waals surface area contributed by atoms with Gasteiger partial charge in [0.05, 0.1) is 6.04 Å². The lowest BCUT2D eigenvalue weighted by Gasteiger charge is -2.07. The zero-order valence-electron chi connectivity index (χ0n) is 18.2. The first-order chi connectivity index (χ1) is 13.1. The molecule has 0 spiro atoms. The van der Waals surface area contributed by atoms with Crippen molar-refractivity contribution in [3.8, 4) is 0 Å². The number of nitrogens with zero attached hydrogens (tertiary/aromatic N) is 1. The van der Waals surface area contributed by atoms with E-state index < -0.39 is 5.97 Å². The minimum atomic E-state index is -1.08. The van der Waals surface area contributed by atoms with Gasteiger partial charge in [0.2, 0.25) is 6.33 Å². The van der Waals surface area contributed by atoms with Gasteiger partial charge in [-0.05, 0) is 26.7 Å². The van der Waals surface area contributed by atoms with Crippen LogP contribution >= 0.6 is 0 Å². The lowest BCUT2D eigenvalue weighted by Crippen LogP contribution is -2.34. The molecule has 1 heterocycles. The maximum absolute atomic E-state index is 8.89. The number of carbonyl (C=O) groups is 1. The van der Waals surface area contributed by atoms with Gasteiger partial charge in [0.15, 0.2) is 0 Å². The van der Waals surface area contributed by atoms with Crippen LogP contribution in [0.1, 0.15) is 123 Å². The highest BCUT2D eigenvalue weighted by atomic mass is 16.4. The number of carboxylic acid groups (broad SMARTS) is 1. The van der Waals surface area contributed by atoms with Crippen LogP contribution in [0.3, 0.4) is 0 Å². The third-order valence-electron chi connectivity index (χ3n) is 5.05. The van der Waals surface area contributed by atoms with E-state index >= 15 is 0 Å². The van der Waals surface area contributed by atoms with Crippen LogP contribution in [0.25, 0.3) is 0 Å². The van der Waals surface area contributed by atoms with E-state index in [1.165, 1.54) is 96.3 Å². The van der Waals surface area contributed by atoms with Crippen molar-refractivity contribution in [1.82, 2.24) is 4.98 Å². The van der Waals surface area contributed by atoms with Gasteiger partial charge in [-0.3, -0.25) is 4.98 Å². The normalized spacial score (nSPS) is 11.7. The standard InChI is InChI=1S/C21H40N2.C2H4O2/c1-3-4-5-6-7-8-9-10-11-12-13-14-15-16-17-21(2)23-19-18-22-20-23;1-2(3)4/h18-21H,3-17H2,1-2H3;1H3,(H,3,4). The Hall–Kier alpha value is -1.32. The number of imidazole rings is 1. The highest BCUT2D eigenvalue weighted by Gasteiger charge is 2.07. The van der Waals surface area contributed by atoms with E-state index in [1.807, 2.05) is 6.20 Å². The molecular weight excluding hydrogens is 336 g/mol. The highest BCUT2D eigenvalue weighted by Crippen LogP contribution is 2.14. The second-order valence-corrected chi connectivity index (χ2v) is 7.78. The largest absolute Gasteiger partial charge is 0.550 e. The second kappa shape index (κ2) is 19.4. The Balaban J connectivity index is 0.00000153. The van der Waals surface area contributed by atoms with Crippen LogP contribution in [0.4, 0.5) is 0 Å². The molecule has 4 nitrogen and oxygen atoms in total. The van der Waals surface area contributed by atoms with Crippen LogP contribution in [0, 0.1) is 0 Å². The summed E-state index contributed by atoms with van der Waals surface area (Å²) in [5, 5.41) is 8.89. The van der Waals surface area contributed by atoms with Crippen molar-refractivity contribution in [2.45, 2.75) is 123 Å². The first-order valence-corrected chi connectivity index (χ1v) is 11.3. The molecule has 4 heteroatoms. The highest BCUT2D eigenvalue weighted by molar-refractivity contribution is 5.60. The average molecular weight is 381 g/mol. The molecule has 0 radical (unpaired) electrons. The Morgan fingerprint density at radius 3 is 1.67 bits per heavy atom. The van der Waals surface area contributed by atoms with Gasteiger partial charge in [-0.15, -0.1) is 0 Å². The summed E-state index contributed by atoms with van der Waals surface area (Å²) in [5.41, 5.74) is 0. The summed E-state index contributed by atoms with van der Waals surface area (Å²) in [5.74, 6) is -1.08. The third kappa shape index (κ3) is 19.3. The maximum atomic E-state index is 8.89. The van der Waals surface area contributed by atoms with Crippen molar-refractivity contribution < 1.29 is 14.5 Å². The summed E-state index contributed by atoms with van der Waals surface area (Å²) in [4.78, 5) is 12.0. The van der Waals surface area contributed by atoms with Gasteiger partial charge in [0.1, 0.15) is 12.4 Å². The topological polar surface area (TPSA) is 59.8 Å². The number of rotatable bonds is 16. The monoisotopic (exact) mass is 380 g/mol. The third-order valence-corrected chi connectivity index (χ3v) is 5.05. The van der Waals surface area contributed by atoms with Crippen LogP contribution < -0.4 is 9.67 Å². The second-order valence-electron chi connectivity index (χ2n) is 7.78. The molecular formula is C23H44N2O2. The molecule has 1 N–H and O–H groups in total. The lowest BCUT2D eigenvalue weighted by molar-refractivity contribution is -0.719. The number of carboxylic acids is 1. The van der Waals surface area contributed by atoms with Gasteiger partial charge in [0.25, 0.3) is 0 Å². The smallest absolute Gasteiger partial charge is 0.241 e. The van der Waals surface area contributed by atoms with E-state index in [0.717, 1.165) is 6.92 Å². The molecule has 0 aromatic carbocycles. The molecule has 0 bridgehead atoms. The van der Waals surface area contributed by atoms with Crippen molar-refractivity contribution in [3.05, 3.63) is 18.7 Å². The minimum absolute atomic E-state index is 0.638. The molecule has 0 saturated carbocycles. The summed E-state index contributed by atoms with van der Waals surface area (Å²) >= 11 is 0. The Labute approximate surface area is 167 Å². The maximum Gasteiger partial charge on any atom is 0.241 e. The molecule has 1 aromatic heterocycles. The van der Waals surface area contributed by atoms with Crippen molar-refractivity contribution in [3.63, 3.8) is 0 Å². The number of unbranched alkanes of at least 4 members (excludes halogenated alkanes) is 13. The number of hydrogen-bond acceptors (Lipinski definition) is 2. The van der Waals surface area contributed by atoms with Gasteiger partial charge in [-0.2, -0.15) is 0 Å². The summed E-state index contributed by atoms with van der Waals surface area (Å²) in [6.07, 6.45) is 27.7. The first-order valence-electron chi connectivity index (χ1n) is 11.3. The summed E-state index contributed by atoms with van der Waals surface area (Å²) < 4.78 is 2.28. The molecule has 0 saturated heterocycles. The number of hydrogen-bond donors (Lipinski definition) is 1. The Bertz CT molecular complexity index is 414. The fourth-order valence-corrected chi connectivity index (χ4v) is 3.36. The molecule has 1 rings (SSSR count). The van der Waals surface area contributed by atoms with Crippen LogP contribution in [-0.4, -0.2) is 11.0 Å². The first kappa shape index (κ1) is 25.7. The van der Waals surface area contributed by atoms with E-state index in [9.17, 15) is 0 Å². The number of aromatic nitrogens is 2. The van der Waals surface area contributed by atoms with E-state index in [-0.39, 0.29) is 0 Å². The van der Waals surface area contributed by atoms with Gasteiger partial charge < -0.3 is 9.90 Å². The molecule has 1 atom stereocenters. The molecule has 0 fully saturated rings. The molecule has 158 valence electrons. The number of aromatic amines is 1. The van der Waals surface area contributed by atoms with Gasteiger partial charge >= 0.3 is 0 Å². The van der Waals surface area contributed by atoms with Crippen molar-refractivity contribution in [2.75, 3.05) is 0 Å². The lowest BCUT2D eigenvalue weighted by atomic mass is 10.0. The Morgan fingerprint density at radius 2 is 1.30 bits per heavy atom. The van der Waals surface area contributed by atoms with Gasteiger partial charge in [-0.25, -0.2) is 4.57 Å². The fourth-order valence-electron chi connectivity index (χ4n) is 3.36. The number of H-pyrrole nitrogens is 1. The van der Waals surface area contributed by atoms with Crippen LogP contribution in [0.2, 0.25) is 0 Å². The Morgan fingerprint density at radius 1 is 0.889 bits per heavy atom. The van der Waals surface area contributed by atoms with E-state index in [1.54, 1.807) is 0 Å². The summed E-state index contributed by atoms with van der Waals surface area (Å²) in [6, 6.07) is 0.638. The molecule has 0 aliphatic rings. The molecule has 0 aliphatic heterocycles. The van der Waals surface area contributed by atoms with Crippen LogP contribution in [-0.2, 0) is 4.79 Å². The summed E-state index contributed by atoms with van der Waals surface area (Å²) in [7, 11) is 0. The minimum Gasteiger partial charge on any atom is -0.550 e. The summed E-state index contributed by atoms with van der Waals surface area (Å²) in [6.45, 7) is 5.58. The number of carbonyl (C=O) groups excluding carboxylic acids is 1. The number of nitrogens with one attached hydrogen (secondary N) is 1. The molecule has 0 amide bonds. The average Bonchev–Trinajstić information content (AvgIpc) is 3.16. The Kier molecular flexibility index (Phi) is 18.5. The van der Waals surface area contributed by atoms with E-state index in [0.29, 0.717) is 6.04 Å². The van der Waals surface area contributed by atoms with Gasteiger partial charge in [0, 0.05) is 5.97 Å². The van der Waals surface area contributed by atoms with Crippen molar-refractivity contribution in [2.24, 2.45) is 0 Å². The zero-order valence-corrected chi connectivity index (χ0v) is 18.2. The van der Waals surface area contributed by atoms with Crippen molar-refractivity contribution >= 4 is 5.97 Å². The zero-order chi connectivity index (χ0) is 20.2. The predicted molar refractivity (Wildman–Crippen MR) is 111 cm³/mol. The van der Waals surface area contributed by atoms with E-state index in [4.69, 9.17) is 9.90 Å².